The van der Waals surface area contributed by atoms with Crippen LogP contribution in [0.1, 0.15) is 58.8 Å². The maximum atomic E-state index is 10.1. The fourth-order valence-corrected chi connectivity index (χ4v) is 1.14. The van der Waals surface area contributed by atoms with Crippen molar-refractivity contribution in [2.24, 2.45) is 0 Å². The van der Waals surface area contributed by atoms with Crippen LogP contribution in [0.3, 0.4) is 0 Å². The van der Waals surface area contributed by atoms with E-state index in [9.17, 15) is 9.59 Å². The standard InChI is InChI=1S/C8H16O3.C4H8O3/c1-2-3-4-5-6-7(9)8(10)11;1-2-3-4(5)7-6/h7,9H,2-6H2,1H3,(H,10,11);6H,2-3H2,1H3. The summed E-state index contributed by atoms with van der Waals surface area (Å²) in [5, 5.41) is 24.7. The second-order valence-electron chi connectivity index (χ2n) is 3.92. The molecule has 0 saturated carbocycles. The Morgan fingerprint density at radius 2 is 1.72 bits per heavy atom. The monoisotopic (exact) mass is 264 g/mol. The van der Waals surface area contributed by atoms with Crippen LogP contribution in [0.5, 0.6) is 0 Å². The van der Waals surface area contributed by atoms with Crippen LogP contribution >= 0.6 is 0 Å². The molecule has 3 N–H and O–H groups in total. The van der Waals surface area contributed by atoms with E-state index < -0.39 is 18.0 Å². The van der Waals surface area contributed by atoms with Crippen LogP contribution in [-0.4, -0.2) is 33.5 Å². The normalized spacial score (nSPS) is 11.1. The van der Waals surface area contributed by atoms with Gasteiger partial charge in [-0.1, -0.05) is 39.5 Å². The van der Waals surface area contributed by atoms with Crippen molar-refractivity contribution in [3.05, 3.63) is 0 Å². The molecule has 0 rings (SSSR count). The summed E-state index contributed by atoms with van der Waals surface area (Å²) in [6.45, 7) is 3.92. The molecule has 0 heterocycles. The first-order valence-corrected chi connectivity index (χ1v) is 6.24. The second kappa shape index (κ2) is 13.9. The fraction of sp³-hybridized carbons (Fsp3) is 0.833. The van der Waals surface area contributed by atoms with E-state index in [-0.39, 0.29) is 6.42 Å². The van der Waals surface area contributed by atoms with Crippen LogP contribution in [0.4, 0.5) is 0 Å². The number of aliphatic hydroxyl groups excluding tert-OH is 1. The Morgan fingerprint density at radius 3 is 2.06 bits per heavy atom. The average molecular weight is 264 g/mol. The van der Waals surface area contributed by atoms with Crippen LogP contribution in [0.2, 0.25) is 0 Å². The molecule has 1 unspecified atom stereocenters. The lowest BCUT2D eigenvalue weighted by Gasteiger charge is -2.03. The van der Waals surface area contributed by atoms with Gasteiger partial charge in [-0.15, -0.1) is 0 Å². The highest BCUT2D eigenvalue weighted by Crippen LogP contribution is 2.05. The van der Waals surface area contributed by atoms with Gasteiger partial charge in [-0.3, -0.25) is 0 Å². The summed E-state index contributed by atoms with van der Waals surface area (Å²) in [6.07, 6.45) is 4.29. The molecule has 0 fully saturated rings. The summed E-state index contributed by atoms with van der Waals surface area (Å²) in [4.78, 5) is 23.4. The predicted molar refractivity (Wildman–Crippen MR) is 66.0 cm³/mol. The zero-order valence-corrected chi connectivity index (χ0v) is 11.1. The van der Waals surface area contributed by atoms with E-state index in [1.807, 2.05) is 6.92 Å². The molecule has 0 aromatic heterocycles. The van der Waals surface area contributed by atoms with E-state index in [0.29, 0.717) is 12.8 Å². The maximum Gasteiger partial charge on any atom is 0.342 e. The van der Waals surface area contributed by atoms with Crippen molar-refractivity contribution in [3.63, 3.8) is 0 Å². The van der Waals surface area contributed by atoms with Gasteiger partial charge in [0.2, 0.25) is 0 Å². The number of carbonyl (C=O) groups excluding carboxylic acids is 1. The molecule has 0 saturated heterocycles. The number of carbonyl (C=O) groups is 2. The minimum Gasteiger partial charge on any atom is -0.479 e. The number of rotatable bonds is 8. The molecular weight excluding hydrogens is 240 g/mol. The van der Waals surface area contributed by atoms with E-state index >= 15 is 0 Å². The van der Waals surface area contributed by atoms with Gasteiger partial charge in [0.25, 0.3) is 0 Å². The Balaban J connectivity index is 0. The van der Waals surface area contributed by atoms with Gasteiger partial charge in [0.05, 0.1) is 0 Å². The lowest BCUT2D eigenvalue weighted by atomic mass is 10.1. The molecule has 0 aliphatic heterocycles. The van der Waals surface area contributed by atoms with Crippen LogP contribution < -0.4 is 0 Å². The molecule has 18 heavy (non-hydrogen) atoms. The van der Waals surface area contributed by atoms with Gasteiger partial charge in [-0.25, -0.2) is 9.59 Å². The topological polar surface area (TPSA) is 104 Å². The second-order valence-corrected chi connectivity index (χ2v) is 3.92. The van der Waals surface area contributed by atoms with Crippen LogP contribution in [-0.2, 0) is 14.5 Å². The van der Waals surface area contributed by atoms with Gasteiger partial charge in [-0.2, -0.15) is 5.26 Å². The number of unbranched alkanes of at least 4 members (excludes halogenated alkanes) is 3. The summed E-state index contributed by atoms with van der Waals surface area (Å²) >= 11 is 0. The highest BCUT2D eigenvalue weighted by atomic mass is 17.1. The van der Waals surface area contributed by atoms with Gasteiger partial charge in [-0.05, 0) is 12.8 Å². The van der Waals surface area contributed by atoms with Crippen molar-refractivity contribution < 1.29 is 29.9 Å². The number of aliphatic carboxylic acids is 1. The minimum absolute atomic E-state index is 0.288. The molecule has 0 bridgehead atoms. The van der Waals surface area contributed by atoms with Crippen molar-refractivity contribution in [1.82, 2.24) is 0 Å². The largest absolute Gasteiger partial charge is 0.479 e. The zero-order valence-electron chi connectivity index (χ0n) is 11.1. The molecule has 0 aromatic carbocycles. The first kappa shape index (κ1) is 19.2. The third-order valence-corrected chi connectivity index (χ3v) is 2.17. The Kier molecular flexibility index (Phi) is 14.9. The van der Waals surface area contributed by atoms with Crippen LogP contribution in [0.15, 0.2) is 0 Å². The van der Waals surface area contributed by atoms with E-state index in [0.717, 1.165) is 25.7 Å². The van der Waals surface area contributed by atoms with Crippen molar-refractivity contribution in [3.8, 4) is 0 Å². The fourth-order valence-electron chi connectivity index (χ4n) is 1.14. The van der Waals surface area contributed by atoms with E-state index in [1.54, 1.807) is 0 Å². The van der Waals surface area contributed by atoms with E-state index in [2.05, 4.69) is 11.8 Å². The highest BCUT2D eigenvalue weighted by Gasteiger charge is 2.11. The molecule has 108 valence electrons. The molecule has 1 atom stereocenters. The van der Waals surface area contributed by atoms with Crippen LogP contribution in [0, 0.1) is 0 Å². The van der Waals surface area contributed by atoms with Crippen molar-refractivity contribution >= 4 is 11.9 Å². The summed E-state index contributed by atoms with van der Waals surface area (Å²) in [5.41, 5.74) is 0. The molecule has 0 aliphatic rings. The molecular formula is C12H24O6. The predicted octanol–water partition coefficient (Wildman–Crippen LogP) is 2.20. The molecule has 6 heteroatoms. The molecule has 0 spiro atoms. The zero-order chi connectivity index (χ0) is 14.4. The Labute approximate surface area is 108 Å². The number of carboxylic acid groups (broad SMARTS) is 1. The van der Waals surface area contributed by atoms with Gasteiger partial charge in [0, 0.05) is 6.42 Å². The number of carboxylic acids is 1. The highest BCUT2D eigenvalue weighted by molar-refractivity contribution is 5.71. The summed E-state index contributed by atoms with van der Waals surface area (Å²) < 4.78 is 0. The van der Waals surface area contributed by atoms with Gasteiger partial charge < -0.3 is 15.1 Å². The Hall–Kier alpha value is -1.14. The van der Waals surface area contributed by atoms with Crippen molar-refractivity contribution in [1.29, 1.82) is 0 Å². The van der Waals surface area contributed by atoms with Gasteiger partial charge in [0.15, 0.2) is 6.10 Å². The average Bonchev–Trinajstić information content (AvgIpc) is 2.35. The van der Waals surface area contributed by atoms with E-state index in [4.69, 9.17) is 15.5 Å². The Morgan fingerprint density at radius 1 is 1.11 bits per heavy atom. The van der Waals surface area contributed by atoms with E-state index in [1.165, 1.54) is 0 Å². The van der Waals surface area contributed by atoms with Crippen LogP contribution in [0.25, 0.3) is 0 Å². The van der Waals surface area contributed by atoms with Crippen molar-refractivity contribution in [2.45, 2.75) is 64.9 Å². The first-order valence-electron chi connectivity index (χ1n) is 6.24. The third kappa shape index (κ3) is 14.9. The summed E-state index contributed by atoms with van der Waals surface area (Å²) in [7, 11) is 0. The third-order valence-electron chi connectivity index (χ3n) is 2.17. The minimum atomic E-state index is -1.16. The van der Waals surface area contributed by atoms with Gasteiger partial charge >= 0.3 is 11.9 Å². The lowest BCUT2D eigenvalue weighted by molar-refractivity contribution is -0.234. The number of hydrogen-bond donors (Lipinski definition) is 3. The molecule has 0 amide bonds. The lowest BCUT2D eigenvalue weighted by Crippen LogP contribution is -2.18. The smallest absolute Gasteiger partial charge is 0.342 e. The Bertz CT molecular complexity index is 217. The molecule has 6 nitrogen and oxygen atoms in total. The first-order chi connectivity index (χ1) is 8.49. The molecule has 0 aliphatic carbocycles. The quantitative estimate of drug-likeness (QED) is 0.353. The molecule has 0 aromatic rings. The maximum absolute atomic E-state index is 10.1. The van der Waals surface area contributed by atoms with Gasteiger partial charge in [0.1, 0.15) is 0 Å². The molecule has 0 radical (unpaired) electrons. The van der Waals surface area contributed by atoms with Crippen molar-refractivity contribution in [2.75, 3.05) is 0 Å². The number of hydrogen-bond acceptors (Lipinski definition) is 5. The summed E-state index contributed by atoms with van der Waals surface area (Å²) in [5.74, 6) is -1.68. The number of aliphatic hydroxyl groups is 1. The summed E-state index contributed by atoms with van der Waals surface area (Å²) in [6, 6.07) is 0. The SMILES string of the molecule is CCCC(=O)OO.CCCCCCC(O)C(=O)O.